The Morgan fingerprint density at radius 2 is 1.50 bits per heavy atom. The van der Waals surface area contributed by atoms with Crippen LogP contribution < -0.4 is 10.6 Å². The zero-order valence-electron chi connectivity index (χ0n) is 19.0. The fraction of sp³-hybridized carbons (Fsp3) is 0.154. The summed E-state index contributed by atoms with van der Waals surface area (Å²) in [4.78, 5) is 23.9. The summed E-state index contributed by atoms with van der Waals surface area (Å²) in [6, 6.07) is 25.0. The quantitative estimate of drug-likeness (QED) is 0.346. The van der Waals surface area contributed by atoms with Gasteiger partial charge in [-0.3, -0.25) is 14.2 Å². The average Bonchev–Trinajstić information content (AvgIpc) is 3.28. The van der Waals surface area contributed by atoms with Gasteiger partial charge in [-0.2, -0.15) is 0 Å². The van der Waals surface area contributed by atoms with Crippen LogP contribution in [0.25, 0.3) is 17.1 Å². The molecular weight excluding hydrogens is 446 g/mol. The van der Waals surface area contributed by atoms with E-state index in [0.717, 1.165) is 23.4 Å². The van der Waals surface area contributed by atoms with Gasteiger partial charge in [0.2, 0.25) is 11.8 Å². The molecule has 0 unspecified atom stereocenters. The van der Waals surface area contributed by atoms with Crippen LogP contribution in [0.15, 0.2) is 84.0 Å². The number of para-hydroxylation sites is 1. The number of amides is 2. The van der Waals surface area contributed by atoms with E-state index in [1.807, 2.05) is 83.4 Å². The highest BCUT2D eigenvalue weighted by molar-refractivity contribution is 7.99. The molecule has 7 nitrogen and oxygen atoms in total. The summed E-state index contributed by atoms with van der Waals surface area (Å²) in [5, 5.41) is 15.1. The second-order valence-corrected chi connectivity index (χ2v) is 8.57. The van der Waals surface area contributed by atoms with Crippen molar-refractivity contribution in [1.82, 2.24) is 14.8 Å². The van der Waals surface area contributed by atoms with Gasteiger partial charge in [0.1, 0.15) is 0 Å². The number of thioether (sulfide) groups is 1. The zero-order valence-corrected chi connectivity index (χ0v) is 19.8. The third-order valence-corrected chi connectivity index (χ3v) is 6.02. The number of hydrogen-bond donors (Lipinski definition) is 2. The van der Waals surface area contributed by atoms with E-state index < -0.39 is 0 Å². The lowest BCUT2D eigenvalue weighted by Gasteiger charge is -2.11. The van der Waals surface area contributed by atoms with Crippen LogP contribution in [0.5, 0.6) is 0 Å². The standard InChI is InChI=1S/C26H25N5O2S/c1-3-19-9-13-22(14-10-19)28-24(33)17-34-26-30-29-25(31(26)23-7-5-4-6-8-23)20-11-15-21(16-12-20)27-18(2)32/h4-16H,3,17H2,1-2H3,(H,27,32)(H,28,33). The molecule has 2 N–H and O–H groups in total. The summed E-state index contributed by atoms with van der Waals surface area (Å²) in [5.74, 6) is 0.609. The van der Waals surface area contributed by atoms with E-state index in [0.29, 0.717) is 16.7 Å². The van der Waals surface area contributed by atoms with Crippen molar-refractivity contribution in [2.24, 2.45) is 0 Å². The number of nitrogens with one attached hydrogen (secondary N) is 2. The highest BCUT2D eigenvalue weighted by Crippen LogP contribution is 2.29. The summed E-state index contributed by atoms with van der Waals surface area (Å²) in [5.41, 5.74) is 4.44. The molecule has 0 radical (unpaired) electrons. The summed E-state index contributed by atoms with van der Waals surface area (Å²) < 4.78 is 1.93. The van der Waals surface area contributed by atoms with Gasteiger partial charge in [0.15, 0.2) is 11.0 Å². The molecule has 172 valence electrons. The Kier molecular flexibility index (Phi) is 7.39. The molecular formula is C26H25N5O2S. The predicted octanol–water partition coefficient (Wildman–Crippen LogP) is 5.19. The third-order valence-electron chi connectivity index (χ3n) is 5.09. The molecule has 8 heteroatoms. The van der Waals surface area contributed by atoms with Crippen LogP contribution in [0, 0.1) is 0 Å². The van der Waals surface area contributed by atoms with Crippen molar-refractivity contribution < 1.29 is 9.59 Å². The van der Waals surface area contributed by atoms with Crippen LogP contribution in [0.2, 0.25) is 0 Å². The van der Waals surface area contributed by atoms with Crippen LogP contribution >= 0.6 is 11.8 Å². The molecule has 0 aliphatic rings. The smallest absolute Gasteiger partial charge is 0.234 e. The predicted molar refractivity (Wildman–Crippen MR) is 136 cm³/mol. The zero-order chi connectivity index (χ0) is 23.9. The van der Waals surface area contributed by atoms with Gasteiger partial charge in [-0.1, -0.05) is 49.0 Å². The minimum absolute atomic E-state index is 0.113. The minimum atomic E-state index is -0.126. The van der Waals surface area contributed by atoms with Crippen molar-refractivity contribution in [1.29, 1.82) is 0 Å². The molecule has 0 atom stereocenters. The number of benzene rings is 3. The molecule has 4 aromatic rings. The van der Waals surface area contributed by atoms with E-state index in [-0.39, 0.29) is 17.6 Å². The Hall–Kier alpha value is -3.91. The highest BCUT2D eigenvalue weighted by atomic mass is 32.2. The van der Waals surface area contributed by atoms with Gasteiger partial charge in [-0.25, -0.2) is 0 Å². The molecule has 2 amide bonds. The molecule has 1 aromatic heterocycles. The van der Waals surface area contributed by atoms with Crippen LogP contribution in [-0.4, -0.2) is 32.3 Å². The SMILES string of the molecule is CCc1ccc(NC(=O)CSc2nnc(-c3ccc(NC(C)=O)cc3)n2-c2ccccc2)cc1. The van der Waals surface area contributed by atoms with Gasteiger partial charge >= 0.3 is 0 Å². The number of anilines is 2. The van der Waals surface area contributed by atoms with Gasteiger partial charge in [0.25, 0.3) is 0 Å². The number of aromatic nitrogens is 3. The Morgan fingerprint density at radius 3 is 2.15 bits per heavy atom. The lowest BCUT2D eigenvalue weighted by atomic mass is 10.1. The first-order valence-electron chi connectivity index (χ1n) is 10.9. The Balaban J connectivity index is 1.54. The lowest BCUT2D eigenvalue weighted by Crippen LogP contribution is -2.14. The Labute approximate surface area is 202 Å². The van der Waals surface area contributed by atoms with Gasteiger partial charge in [-0.15, -0.1) is 10.2 Å². The van der Waals surface area contributed by atoms with Crippen LogP contribution in [0.1, 0.15) is 19.4 Å². The third kappa shape index (κ3) is 5.71. The maximum atomic E-state index is 12.6. The van der Waals surface area contributed by atoms with E-state index in [1.54, 1.807) is 0 Å². The van der Waals surface area contributed by atoms with Crippen LogP contribution in [0.4, 0.5) is 11.4 Å². The summed E-state index contributed by atoms with van der Waals surface area (Å²) in [6.45, 7) is 3.57. The second kappa shape index (κ2) is 10.8. The average molecular weight is 472 g/mol. The van der Waals surface area contributed by atoms with Crippen LogP contribution in [-0.2, 0) is 16.0 Å². The molecule has 34 heavy (non-hydrogen) atoms. The van der Waals surface area contributed by atoms with E-state index in [4.69, 9.17) is 0 Å². The van der Waals surface area contributed by atoms with Gasteiger partial charge in [-0.05, 0) is 60.5 Å². The number of carbonyl (C=O) groups excluding carboxylic acids is 2. The fourth-order valence-corrected chi connectivity index (χ4v) is 4.17. The molecule has 0 bridgehead atoms. The van der Waals surface area contributed by atoms with E-state index in [9.17, 15) is 9.59 Å². The normalized spacial score (nSPS) is 10.6. The fourth-order valence-electron chi connectivity index (χ4n) is 3.42. The Morgan fingerprint density at radius 1 is 0.853 bits per heavy atom. The van der Waals surface area contributed by atoms with Crippen molar-refractivity contribution in [3.63, 3.8) is 0 Å². The van der Waals surface area contributed by atoms with Crippen molar-refractivity contribution in [2.75, 3.05) is 16.4 Å². The molecule has 0 fully saturated rings. The van der Waals surface area contributed by atoms with E-state index >= 15 is 0 Å². The topological polar surface area (TPSA) is 88.9 Å². The van der Waals surface area contributed by atoms with Gasteiger partial charge in [0, 0.05) is 29.5 Å². The van der Waals surface area contributed by atoms with E-state index in [2.05, 4.69) is 27.8 Å². The number of rotatable bonds is 8. The maximum absolute atomic E-state index is 12.6. The first kappa shape index (κ1) is 23.3. The minimum Gasteiger partial charge on any atom is -0.326 e. The van der Waals surface area contributed by atoms with Crippen molar-refractivity contribution in [3.8, 4) is 17.1 Å². The number of aryl methyl sites for hydroxylation is 1. The van der Waals surface area contributed by atoms with Crippen LogP contribution in [0.3, 0.4) is 0 Å². The van der Waals surface area contributed by atoms with Crippen molar-refractivity contribution in [3.05, 3.63) is 84.4 Å². The molecule has 0 aliphatic carbocycles. The first-order valence-corrected chi connectivity index (χ1v) is 11.9. The molecule has 0 saturated carbocycles. The largest absolute Gasteiger partial charge is 0.326 e. The second-order valence-electron chi connectivity index (χ2n) is 7.62. The van der Waals surface area contributed by atoms with E-state index in [1.165, 1.54) is 24.2 Å². The number of nitrogens with zero attached hydrogens (tertiary/aromatic N) is 3. The molecule has 3 aromatic carbocycles. The number of carbonyl (C=O) groups is 2. The molecule has 0 spiro atoms. The monoisotopic (exact) mass is 471 g/mol. The first-order chi connectivity index (χ1) is 16.5. The highest BCUT2D eigenvalue weighted by Gasteiger charge is 2.17. The summed E-state index contributed by atoms with van der Waals surface area (Å²) in [7, 11) is 0. The lowest BCUT2D eigenvalue weighted by molar-refractivity contribution is -0.114. The maximum Gasteiger partial charge on any atom is 0.234 e. The van der Waals surface area contributed by atoms with Gasteiger partial charge < -0.3 is 10.6 Å². The molecule has 0 saturated heterocycles. The molecule has 0 aliphatic heterocycles. The van der Waals surface area contributed by atoms with Crippen molar-refractivity contribution in [2.45, 2.75) is 25.4 Å². The summed E-state index contributed by atoms with van der Waals surface area (Å²) >= 11 is 1.32. The van der Waals surface area contributed by atoms with Gasteiger partial charge in [0.05, 0.1) is 5.75 Å². The summed E-state index contributed by atoms with van der Waals surface area (Å²) in [6.07, 6.45) is 0.956. The number of hydrogen-bond acceptors (Lipinski definition) is 5. The Bertz CT molecular complexity index is 1270. The molecule has 1 heterocycles. The molecule has 4 rings (SSSR count). The van der Waals surface area contributed by atoms with Crippen molar-refractivity contribution >= 4 is 35.0 Å².